The maximum atomic E-state index is 5.92. The van der Waals surface area contributed by atoms with E-state index in [-0.39, 0.29) is 5.54 Å². The molecule has 1 aromatic carbocycles. The molecule has 3 heteroatoms. The van der Waals surface area contributed by atoms with E-state index in [1.807, 2.05) is 32.0 Å². The second kappa shape index (κ2) is 4.80. The lowest BCUT2D eigenvalue weighted by Gasteiger charge is -2.16. The Morgan fingerprint density at radius 1 is 1.29 bits per heavy atom. The average molecular weight is 233 g/mol. The van der Waals surface area contributed by atoms with E-state index < -0.39 is 0 Å². The zero-order chi connectivity index (χ0) is 12.3. The Morgan fingerprint density at radius 2 is 2.06 bits per heavy atom. The minimum absolute atomic E-state index is 0.0980. The molecule has 0 atom stereocenters. The second-order valence-electron chi connectivity index (χ2n) is 5.04. The van der Waals surface area contributed by atoms with E-state index in [0.717, 1.165) is 29.9 Å². The molecule has 92 valence electrons. The van der Waals surface area contributed by atoms with Crippen molar-refractivity contribution < 1.29 is 9.47 Å². The Balaban J connectivity index is 1.93. The molecule has 0 aromatic heterocycles. The highest BCUT2D eigenvalue weighted by molar-refractivity contribution is 5.56. The summed E-state index contributed by atoms with van der Waals surface area (Å²) in [6, 6.07) is 5.96. The second-order valence-corrected chi connectivity index (χ2v) is 5.04. The van der Waals surface area contributed by atoms with Crippen molar-refractivity contribution in [3.8, 4) is 11.5 Å². The smallest absolute Gasteiger partial charge is 0.231 e. The summed E-state index contributed by atoms with van der Waals surface area (Å²) in [5.41, 5.74) is 6.95. The van der Waals surface area contributed by atoms with E-state index in [0.29, 0.717) is 6.79 Å². The summed E-state index contributed by atoms with van der Waals surface area (Å²) >= 11 is 0. The molecule has 3 nitrogen and oxygen atoms in total. The summed E-state index contributed by atoms with van der Waals surface area (Å²) in [5, 5.41) is 0. The van der Waals surface area contributed by atoms with Crippen LogP contribution in [0.2, 0.25) is 0 Å². The van der Waals surface area contributed by atoms with Gasteiger partial charge in [0, 0.05) is 5.54 Å². The summed E-state index contributed by atoms with van der Waals surface area (Å²) in [6.07, 6.45) is 6.20. The molecule has 0 amide bonds. The quantitative estimate of drug-likeness (QED) is 0.869. The molecule has 0 bridgehead atoms. The predicted molar refractivity (Wildman–Crippen MR) is 69.1 cm³/mol. The van der Waals surface area contributed by atoms with Crippen LogP contribution in [0, 0.1) is 0 Å². The third-order valence-electron chi connectivity index (χ3n) is 2.66. The summed E-state index contributed by atoms with van der Waals surface area (Å²) in [7, 11) is 0. The predicted octanol–water partition coefficient (Wildman–Crippen LogP) is 2.95. The summed E-state index contributed by atoms with van der Waals surface area (Å²) in [6.45, 7) is 4.41. The molecule has 1 aliphatic heterocycles. The van der Waals surface area contributed by atoms with Crippen LogP contribution < -0.4 is 15.2 Å². The summed E-state index contributed by atoms with van der Waals surface area (Å²) < 4.78 is 10.6. The van der Waals surface area contributed by atoms with Gasteiger partial charge in [0.15, 0.2) is 11.5 Å². The van der Waals surface area contributed by atoms with Crippen molar-refractivity contribution >= 4 is 6.08 Å². The molecule has 0 spiro atoms. The fourth-order valence-corrected chi connectivity index (χ4v) is 1.69. The zero-order valence-electron chi connectivity index (χ0n) is 10.4. The Morgan fingerprint density at radius 3 is 2.82 bits per heavy atom. The summed E-state index contributed by atoms with van der Waals surface area (Å²) in [4.78, 5) is 0. The molecule has 2 N–H and O–H groups in total. The number of nitrogens with two attached hydrogens (primary N) is 1. The van der Waals surface area contributed by atoms with Crippen LogP contribution >= 0.6 is 0 Å². The summed E-state index contributed by atoms with van der Waals surface area (Å²) in [5.74, 6) is 1.65. The number of rotatable bonds is 4. The molecule has 0 aliphatic carbocycles. The number of benzene rings is 1. The standard InChI is InChI=1S/C14H19NO2/c1-14(2,15)8-4-3-5-11-6-7-12-13(9-11)17-10-16-12/h3,5-7,9H,4,8,10,15H2,1-2H3/b5-3+. The Kier molecular flexibility index (Phi) is 3.38. The monoisotopic (exact) mass is 233 g/mol. The molecular formula is C14H19NO2. The fourth-order valence-electron chi connectivity index (χ4n) is 1.69. The van der Waals surface area contributed by atoms with Crippen molar-refractivity contribution in [3.05, 3.63) is 29.8 Å². The first kappa shape index (κ1) is 12.0. The van der Waals surface area contributed by atoms with E-state index in [2.05, 4.69) is 12.2 Å². The SMILES string of the molecule is CC(C)(N)CC/C=C/c1ccc2c(c1)OCO2. The van der Waals surface area contributed by atoms with Gasteiger partial charge in [0.2, 0.25) is 6.79 Å². The number of hydrogen-bond donors (Lipinski definition) is 1. The Labute approximate surface area is 102 Å². The molecule has 1 aliphatic rings. The van der Waals surface area contributed by atoms with Gasteiger partial charge in [-0.1, -0.05) is 18.2 Å². The average Bonchev–Trinajstić information content (AvgIpc) is 2.70. The van der Waals surface area contributed by atoms with Gasteiger partial charge in [0.05, 0.1) is 0 Å². The molecule has 17 heavy (non-hydrogen) atoms. The van der Waals surface area contributed by atoms with Gasteiger partial charge in [-0.25, -0.2) is 0 Å². The molecule has 1 heterocycles. The van der Waals surface area contributed by atoms with Gasteiger partial charge in [-0.05, 0) is 44.4 Å². The lowest BCUT2D eigenvalue weighted by molar-refractivity contribution is 0.174. The number of fused-ring (bicyclic) bond motifs is 1. The fraction of sp³-hybridized carbons (Fsp3) is 0.429. The van der Waals surface area contributed by atoms with Crippen LogP contribution in [-0.4, -0.2) is 12.3 Å². The van der Waals surface area contributed by atoms with Gasteiger partial charge < -0.3 is 15.2 Å². The van der Waals surface area contributed by atoms with Crippen molar-refractivity contribution in [1.29, 1.82) is 0 Å². The van der Waals surface area contributed by atoms with Crippen molar-refractivity contribution in [2.45, 2.75) is 32.2 Å². The van der Waals surface area contributed by atoms with Crippen LogP contribution in [0.3, 0.4) is 0 Å². The minimum atomic E-state index is -0.0980. The normalized spacial score (nSPS) is 14.5. The molecule has 0 saturated carbocycles. The van der Waals surface area contributed by atoms with E-state index in [4.69, 9.17) is 15.2 Å². The van der Waals surface area contributed by atoms with Crippen LogP contribution in [0.15, 0.2) is 24.3 Å². The Bertz CT molecular complexity index is 419. The van der Waals surface area contributed by atoms with Crippen LogP contribution in [0.25, 0.3) is 6.08 Å². The highest BCUT2D eigenvalue weighted by Crippen LogP contribution is 2.32. The van der Waals surface area contributed by atoms with Crippen molar-refractivity contribution in [2.75, 3.05) is 6.79 Å². The van der Waals surface area contributed by atoms with Crippen LogP contribution in [0.1, 0.15) is 32.3 Å². The van der Waals surface area contributed by atoms with Gasteiger partial charge in [-0.3, -0.25) is 0 Å². The van der Waals surface area contributed by atoms with Crippen molar-refractivity contribution in [1.82, 2.24) is 0 Å². The maximum Gasteiger partial charge on any atom is 0.231 e. The number of ether oxygens (including phenoxy) is 2. The molecule has 1 aromatic rings. The van der Waals surface area contributed by atoms with Gasteiger partial charge in [0.1, 0.15) is 0 Å². The molecule has 0 radical (unpaired) electrons. The first-order chi connectivity index (χ1) is 8.04. The van der Waals surface area contributed by atoms with Crippen LogP contribution in [0.5, 0.6) is 11.5 Å². The van der Waals surface area contributed by atoms with Crippen molar-refractivity contribution in [2.24, 2.45) is 5.73 Å². The maximum absolute atomic E-state index is 5.92. The van der Waals surface area contributed by atoms with E-state index >= 15 is 0 Å². The molecule has 2 rings (SSSR count). The number of hydrogen-bond acceptors (Lipinski definition) is 3. The van der Waals surface area contributed by atoms with Crippen molar-refractivity contribution in [3.63, 3.8) is 0 Å². The van der Waals surface area contributed by atoms with Gasteiger partial charge in [-0.2, -0.15) is 0 Å². The first-order valence-electron chi connectivity index (χ1n) is 5.90. The van der Waals surface area contributed by atoms with Crippen LogP contribution in [0.4, 0.5) is 0 Å². The molecule has 0 fully saturated rings. The lowest BCUT2D eigenvalue weighted by atomic mass is 10.00. The number of allylic oxidation sites excluding steroid dienone is 1. The van der Waals surface area contributed by atoms with E-state index in [1.54, 1.807) is 0 Å². The largest absolute Gasteiger partial charge is 0.454 e. The third kappa shape index (κ3) is 3.49. The molecule has 0 saturated heterocycles. The molecule has 0 unspecified atom stereocenters. The zero-order valence-corrected chi connectivity index (χ0v) is 10.4. The highest BCUT2D eigenvalue weighted by atomic mass is 16.7. The topological polar surface area (TPSA) is 44.5 Å². The minimum Gasteiger partial charge on any atom is -0.454 e. The van der Waals surface area contributed by atoms with Gasteiger partial charge >= 0.3 is 0 Å². The lowest BCUT2D eigenvalue weighted by Crippen LogP contribution is -2.31. The van der Waals surface area contributed by atoms with E-state index in [1.165, 1.54) is 0 Å². The Hall–Kier alpha value is -1.48. The third-order valence-corrected chi connectivity index (χ3v) is 2.66. The van der Waals surface area contributed by atoms with Gasteiger partial charge in [0.25, 0.3) is 0 Å². The van der Waals surface area contributed by atoms with Crippen LogP contribution in [-0.2, 0) is 0 Å². The van der Waals surface area contributed by atoms with Gasteiger partial charge in [-0.15, -0.1) is 0 Å². The highest BCUT2D eigenvalue weighted by Gasteiger charge is 2.12. The first-order valence-corrected chi connectivity index (χ1v) is 5.90. The van der Waals surface area contributed by atoms with E-state index in [9.17, 15) is 0 Å². The molecular weight excluding hydrogens is 214 g/mol.